The van der Waals surface area contributed by atoms with Crippen LogP contribution in [0.4, 0.5) is 0 Å². The molecule has 4 rings (SSSR count). The summed E-state index contributed by atoms with van der Waals surface area (Å²) in [7, 11) is 0. The van der Waals surface area contributed by atoms with Gasteiger partial charge in [0.25, 0.3) is 0 Å². The van der Waals surface area contributed by atoms with Crippen LogP contribution in [0.15, 0.2) is 54.6 Å². The molecule has 1 aliphatic rings. The number of rotatable bonds is 2. The molecule has 0 aliphatic heterocycles. The third-order valence-corrected chi connectivity index (χ3v) is 4.59. The molecular formula is C19H13BrO2. The molecule has 2 nitrogen and oxygen atoms in total. The number of halogens is 1. The van der Waals surface area contributed by atoms with Gasteiger partial charge in [0, 0.05) is 5.56 Å². The van der Waals surface area contributed by atoms with Crippen LogP contribution in [-0.4, -0.2) is 11.3 Å². The van der Waals surface area contributed by atoms with Crippen LogP contribution >= 0.6 is 15.9 Å². The van der Waals surface area contributed by atoms with Crippen LogP contribution in [0.2, 0.25) is 0 Å². The first-order valence-corrected chi connectivity index (χ1v) is 8.30. The Hall–Kier alpha value is -2.13. The summed E-state index contributed by atoms with van der Waals surface area (Å²) >= 11 is 3.13. The van der Waals surface area contributed by atoms with Crippen LogP contribution in [-0.2, 0) is 16.0 Å². The lowest BCUT2D eigenvalue weighted by Gasteiger charge is -2.10. The number of fused-ring (bicyclic) bond motifs is 5. The first-order chi connectivity index (χ1) is 10.8. The maximum atomic E-state index is 11.5. The molecule has 0 fully saturated rings. The van der Waals surface area contributed by atoms with Crippen LogP contribution in [0.5, 0.6) is 0 Å². The summed E-state index contributed by atoms with van der Waals surface area (Å²) in [5.41, 5.74) is 2.26. The molecule has 108 valence electrons. The van der Waals surface area contributed by atoms with Gasteiger partial charge in [-0.1, -0.05) is 64.5 Å². The maximum Gasteiger partial charge on any atom is 0.321 e. The first kappa shape index (κ1) is 13.5. The number of carbonyl (C=O) groups is 1. The number of hydrogen-bond acceptors (Lipinski definition) is 2. The minimum absolute atomic E-state index is 0.206. The Bertz CT molecular complexity index is 941. The summed E-state index contributed by atoms with van der Waals surface area (Å²) in [5, 5.41) is 5.19. The zero-order chi connectivity index (χ0) is 15.1. The number of carbonyl (C=O) groups excluding carboxylic acids is 1. The molecule has 22 heavy (non-hydrogen) atoms. The van der Waals surface area contributed by atoms with E-state index in [1.807, 2.05) is 6.08 Å². The average molecular weight is 353 g/mol. The molecule has 0 saturated carbocycles. The van der Waals surface area contributed by atoms with Gasteiger partial charge >= 0.3 is 5.97 Å². The summed E-state index contributed by atoms with van der Waals surface area (Å²) in [6.07, 6.45) is 2.79. The van der Waals surface area contributed by atoms with Crippen molar-refractivity contribution in [3.05, 3.63) is 65.7 Å². The van der Waals surface area contributed by atoms with E-state index in [9.17, 15) is 4.79 Å². The number of benzene rings is 3. The Labute approximate surface area is 136 Å². The van der Waals surface area contributed by atoms with E-state index in [0.717, 1.165) is 12.0 Å². The zero-order valence-corrected chi connectivity index (χ0v) is 13.4. The molecular weight excluding hydrogens is 340 g/mol. The predicted octanol–water partition coefficient (Wildman–Crippen LogP) is 4.83. The Kier molecular flexibility index (Phi) is 3.23. The van der Waals surface area contributed by atoms with Crippen molar-refractivity contribution in [3.8, 4) is 0 Å². The Morgan fingerprint density at radius 1 is 1.00 bits per heavy atom. The van der Waals surface area contributed by atoms with E-state index in [1.54, 1.807) is 0 Å². The molecule has 3 heteroatoms. The van der Waals surface area contributed by atoms with Crippen molar-refractivity contribution in [1.82, 2.24) is 0 Å². The second-order valence-corrected chi connectivity index (χ2v) is 5.91. The van der Waals surface area contributed by atoms with Gasteiger partial charge in [0.2, 0.25) is 0 Å². The Morgan fingerprint density at radius 2 is 1.82 bits per heavy atom. The topological polar surface area (TPSA) is 26.3 Å². The molecule has 0 amide bonds. The number of ether oxygens (including phenoxy) is 1. The minimum Gasteiger partial charge on any atom is -0.426 e. The second-order valence-electron chi connectivity index (χ2n) is 5.35. The number of hydrogen-bond donors (Lipinski definition) is 0. The smallest absolute Gasteiger partial charge is 0.321 e. The van der Waals surface area contributed by atoms with Crippen molar-refractivity contribution < 1.29 is 9.53 Å². The van der Waals surface area contributed by atoms with Crippen LogP contribution in [0.3, 0.4) is 0 Å². The highest BCUT2D eigenvalue weighted by Crippen LogP contribution is 2.36. The van der Waals surface area contributed by atoms with E-state index in [2.05, 4.69) is 64.5 Å². The first-order valence-electron chi connectivity index (χ1n) is 7.18. The Balaban J connectivity index is 1.89. The van der Waals surface area contributed by atoms with Crippen LogP contribution in [0, 0.1) is 0 Å². The van der Waals surface area contributed by atoms with Crippen molar-refractivity contribution in [1.29, 1.82) is 0 Å². The zero-order valence-electron chi connectivity index (χ0n) is 11.8. The quantitative estimate of drug-likeness (QED) is 0.375. The molecule has 0 aromatic heterocycles. The largest absolute Gasteiger partial charge is 0.426 e. The van der Waals surface area contributed by atoms with Gasteiger partial charge in [-0.15, -0.1) is 0 Å². The number of alkyl halides is 1. The molecule has 0 N–H and O–H groups in total. The molecule has 0 saturated heterocycles. The highest BCUT2D eigenvalue weighted by atomic mass is 79.9. The summed E-state index contributed by atoms with van der Waals surface area (Å²) in [6.45, 7) is 0. The maximum absolute atomic E-state index is 11.5. The lowest BCUT2D eigenvalue weighted by Crippen LogP contribution is -2.03. The van der Waals surface area contributed by atoms with E-state index < -0.39 is 0 Å². The van der Waals surface area contributed by atoms with Gasteiger partial charge < -0.3 is 4.74 Å². The van der Waals surface area contributed by atoms with Crippen molar-refractivity contribution in [2.75, 3.05) is 5.33 Å². The highest BCUT2D eigenvalue weighted by Gasteiger charge is 2.20. The van der Waals surface area contributed by atoms with Crippen molar-refractivity contribution in [2.24, 2.45) is 0 Å². The normalized spacial score (nSPS) is 13.2. The van der Waals surface area contributed by atoms with Crippen molar-refractivity contribution in [2.45, 2.75) is 6.42 Å². The third-order valence-electron chi connectivity index (χ3n) is 4.13. The fraction of sp³-hybridized carbons (Fsp3) is 0.105. The van der Waals surface area contributed by atoms with Crippen LogP contribution in [0.25, 0.3) is 27.3 Å². The summed E-state index contributed by atoms with van der Waals surface area (Å²) in [6, 6.07) is 16.9. The lowest BCUT2D eigenvalue weighted by atomic mass is 9.96. The molecule has 0 atom stereocenters. The number of allylic oxidation sites excluding steroid dienone is 1. The summed E-state index contributed by atoms with van der Waals surface area (Å²) in [5.74, 6) is 0.409. The van der Waals surface area contributed by atoms with E-state index in [0.29, 0.717) is 5.76 Å². The van der Waals surface area contributed by atoms with Crippen molar-refractivity contribution >= 4 is 49.2 Å². The van der Waals surface area contributed by atoms with Crippen LogP contribution < -0.4 is 0 Å². The van der Waals surface area contributed by atoms with Gasteiger partial charge in [0.05, 0.1) is 0 Å². The average Bonchev–Trinajstić information content (AvgIpc) is 2.97. The highest BCUT2D eigenvalue weighted by molar-refractivity contribution is 9.09. The van der Waals surface area contributed by atoms with E-state index in [4.69, 9.17) is 4.74 Å². The predicted molar refractivity (Wildman–Crippen MR) is 93.0 cm³/mol. The molecule has 0 spiro atoms. The van der Waals surface area contributed by atoms with Gasteiger partial charge in [-0.05, 0) is 39.6 Å². The molecule has 3 aromatic rings. The molecule has 1 aliphatic carbocycles. The van der Waals surface area contributed by atoms with E-state index >= 15 is 0 Å². The van der Waals surface area contributed by atoms with Gasteiger partial charge in [-0.3, -0.25) is 4.79 Å². The molecule has 0 heterocycles. The van der Waals surface area contributed by atoms with Gasteiger partial charge in [-0.2, -0.15) is 0 Å². The Morgan fingerprint density at radius 3 is 2.68 bits per heavy atom. The molecule has 0 bridgehead atoms. The monoisotopic (exact) mass is 352 g/mol. The molecule has 0 radical (unpaired) electrons. The number of esters is 1. The van der Waals surface area contributed by atoms with Gasteiger partial charge in [0.1, 0.15) is 11.1 Å². The second kappa shape index (κ2) is 5.25. The third kappa shape index (κ3) is 2.04. The van der Waals surface area contributed by atoms with E-state index in [-0.39, 0.29) is 11.3 Å². The molecule has 0 unspecified atom stereocenters. The lowest BCUT2D eigenvalue weighted by molar-refractivity contribution is -0.133. The van der Waals surface area contributed by atoms with Gasteiger partial charge in [0.15, 0.2) is 0 Å². The summed E-state index contributed by atoms with van der Waals surface area (Å²) in [4.78, 5) is 11.5. The van der Waals surface area contributed by atoms with Crippen molar-refractivity contribution in [3.63, 3.8) is 0 Å². The minimum atomic E-state index is -0.266. The fourth-order valence-corrected chi connectivity index (χ4v) is 3.27. The fourth-order valence-electron chi connectivity index (χ4n) is 3.15. The van der Waals surface area contributed by atoms with E-state index in [1.165, 1.54) is 27.1 Å². The van der Waals surface area contributed by atoms with Gasteiger partial charge in [-0.25, -0.2) is 0 Å². The standard InChI is InChI=1S/C19H13BrO2/c20-11-19(21)22-18-10-9-16-15-6-5-12-3-1-2-4-13(12)14(15)7-8-17(16)18/h1-8,10H,9,11H2. The van der Waals surface area contributed by atoms with Crippen LogP contribution in [0.1, 0.15) is 11.1 Å². The molecule has 3 aromatic carbocycles. The SMILES string of the molecule is O=C(CBr)OC1=CCc2c1ccc1c2ccc2ccccc21. The summed E-state index contributed by atoms with van der Waals surface area (Å²) < 4.78 is 5.40.